The lowest BCUT2D eigenvalue weighted by Crippen LogP contribution is -2.29. The molecule has 5 heteroatoms. The van der Waals surface area contributed by atoms with Crippen LogP contribution in [0.4, 0.5) is 13.2 Å². The van der Waals surface area contributed by atoms with Crippen molar-refractivity contribution in [1.29, 1.82) is 0 Å². The van der Waals surface area contributed by atoms with Crippen LogP contribution in [0.1, 0.15) is 18.1 Å². The molecule has 2 nitrogen and oxygen atoms in total. The fraction of sp³-hybridized carbons (Fsp3) is 0.600. The average molecular weight is 289 g/mol. The second-order valence-electron chi connectivity index (χ2n) is 4.99. The van der Waals surface area contributed by atoms with Crippen molar-refractivity contribution in [2.45, 2.75) is 26.4 Å². The highest BCUT2D eigenvalue weighted by Crippen LogP contribution is 2.16. The number of aryl methyl sites for hydroxylation is 1. The highest BCUT2D eigenvalue weighted by atomic mass is 19.4. The second kappa shape index (κ2) is 8.27. The van der Waals surface area contributed by atoms with Crippen LogP contribution < -0.4 is 5.32 Å². The van der Waals surface area contributed by atoms with Gasteiger partial charge in [-0.05, 0) is 31.4 Å². The molecule has 114 valence electrons. The van der Waals surface area contributed by atoms with Gasteiger partial charge in [0.2, 0.25) is 0 Å². The lowest BCUT2D eigenvalue weighted by Gasteiger charge is -2.18. The predicted molar refractivity (Wildman–Crippen MR) is 73.8 cm³/mol. The van der Waals surface area contributed by atoms with Gasteiger partial charge in [-0.1, -0.05) is 36.8 Å². The number of hydrogen-bond acceptors (Lipinski definition) is 2. The van der Waals surface area contributed by atoms with Gasteiger partial charge >= 0.3 is 6.18 Å². The van der Waals surface area contributed by atoms with Gasteiger partial charge in [-0.15, -0.1) is 0 Å². The zero-order valence-corrected chi connectivity index (χ0v) is 12.0. The van der Waals surface area contributed by atoms with Gasteiger partial charge in [0.15, 0.2) is 0 Å². The van der Waals surface area contributed by atoms with E-state index in [4.69, 9.17) is 4.74 Å². The molecule has 0 aliphatic rings. The molecule has 0 radical (unpaired) electrons. The van der Waals surface area contributed by atoms with E-state index in [2.05, 4.69) is 5.32 Å². The summed E-state index contributed by atoms with van der Waals surface area (Å²) in [4.78, 5) is 0. The van der Waals surface area contributed by atoms with Gasteiger partial charge in [0.25, 0.3) is 0 Å². The summed E-state index contributed by atoms with van der Waals surface area (Å²) in [5.74, 6) is 0.0417. The SMILES string of the molecule is CCNCC(COCC(F)(F)F)Cc1ccc(C)cc1. The molecular weight excluding hydrogens is 267 g/mol. The van der Waals surface area contributed by atoms with Crippen LogP contribution >= 0.6 is 0 Å². The summed E-state index contributed by atoms with van der Waals surface area (Å²) in [7, 11) is 0. The minimum absolute atomic E-state index is 0.0417. The molecule has 1 unspecified atom stereocenters. The van der Waals surface area contributed by atoms with Crippen molar-refractivity contribution in [3.05, 3.63) is 35.4 Å². The third kappa shape index (κ3) is 7.50. The topological polar surface area (TPSA) is 21.3 Å². The van der Waals surface area contributed by atoms with Crippen LogP contribution in [0.3, 0.4) is 0 Å². The molecule has 0 saturated heterocycles. The van der Waals surface area contributed by atoms with E-state index in [0.717, 1.165) is 12.1 Å². The lowest BCUT2D eigenvalue weighted by atomic mass is 9.99. The Balaban J connectivity index is 2.48. The van der Waals surface area contributed by atoms with E-state index in [9.17, 15) is 13.2 Å². The van der Waals surface area contributed by atoms with Crippen molar-refractivity contribution >= 4 is 0 Å². The summed E-state index contributed by atoms with van der Waals surface area (Å²) < 4.78 is 41.1. The molecule has 1 N–H and O–H groups in total. The molecule has 0 fully saturated rings. The molecule has 1 rings (SSSR count). The van der Waals surface area contributed by atoms with E-state index in [1.807, 2.05) is 38.1 Å². The first kappa shape index (κ1) is 17.0. The number of halogens is 3. The highest BCUT2D eigenvalue weighted by molar-refractivity contribution is 5.21. The predicted octanol–water partition coefficient (Wildman–Crippen LogP) is 3.34. The van der Waals surface area contributed by atoms with Gasteiger partial charge < -0.3 is 10.1 Å². The highest BCUT2D eigenvalue weighted by Gasteiger charge is 2.27. The first-order valence-electron chi connectivity index (χ1n) is 6.81. The summed E-state index contributed by atoms with van der Waals surface area (Å²) in [6.07, 6.45) is -3.54. The van der Waals surface area contributed by atoms with E-state index in [0.29, 0.717) is 13.0 Å². The fourth-order valence-electron chi connectivity index (χ4n) is 1.94. The second-order valence-corrected chi connectivity index (χ2v) is 4.99. The Labute approximate surface area is 118 Å². The third-order valence-electron chi connectivity index (χ3n) is 2.95. The van der Waals surface area contributed by atoms with Crippen LogP contribution in [0.25, 0.3) is 0 Å². The number of hydrogen-bond donors (Lipinski definition) is 1. The average Bonchev–Trinajstić information content (AvgIpc) is 2.37. The number of rotatable bonds is 8. The molecule has 0 amide bonds. The molecular formula is C15H22F3NO. The van der Waals surface area contributed by atoms with E-state index in [1.54, 1.807) is 0 Å². The monoisotopic (exact) mass is 289 g/mol. The smallest absolute Gasteiger partial charge is 0.372 e. The van der Waals surface area contributed by atoms with E-state index in [-0.39, 0.29) is 12.5 Å². The Morgan fingerprint density at radius 3 is 2.40 bits per heavy atom. The van der Waals surface area contributed by atoms with Crippen molar-refractivity contribution in [3.8, 4) is 0 Å². The van der Waals surface area contributed by atoms with Crippen LogP contribution in [0.15, 0.2) is 24.3 Å². The zero-order valence-electron chi connectivity index (χ0n) is 12.0. The van der Waals surface area contributed by atoms with Gasteiger partial charge in [-0.3, -0.25) is 0 Å². The number of benzene rings is 1. The Hall–Kier alpha value is -1.07. The molecule has 0 bridgehead atoms. The zero-order chi connectivity index (χ0) is 15.0. The molecule has 1 aromatic carbocycles. The molecule has 1 atom stereocenters. The molecule has 0 aliphatic heterocycles. The quantitative estimate of drug-likeness (QED) is 0.792. The van der Waals surface area contributed by atoms with Crippen molar-refractivity contribution in [1.82, 2.24) is 5.32 Å². The summed E-state index contributed by atoms with van der Waals surface area (Å²) in [6.45, 7) is 4.36. The summed E-state index contributed by atoms with van der Waals surface area (Å²) in [5.41, 5.74) is 2.29. The van der Waals surface area contributed by atoms with Gasteiger partial charge in [0.05, 0.1) is 6.61 Å². The van der Waals surface area contributed by atoms with Gasteiger partial charge in [0, 0.05) is 6.54 Å². The van der Waals surface area contributed by atoms with Gasteiger partial charge in [-0.2, -0.15) is 13.2 Å². The summed E-state index contributed by atoms with van der Waals surface area (Å²) in [6, 6.07) is 8.04. The maximum absolute atomic E-state index is 12.1. The number of ether oxygens (including phenoxy) is 1. The first-order valence-corrected chi connectivity index (χ1v) is 6.81. The van der Waals surface area contributed by atoms with Crippen LogP contribution in [-0.2, 0) is 11.2 Å². The van der Waals surface area contributed by atoms with E-state index >= 15 is 0 Å². The van der Waals surface area contributed by atoms with Crippen LogP contribution in [0, 0.1) is 12.8 Å². The first-order chi connectivity index (χ1) is 9.40. The minimum Gasteiger partial charge on any atom is -0.372 e. The molecule has 0 aromatic heterocycles. The molecule has 0 saturated carbocycles. The van der Waals surface area contributed by atoms with E-state index < -0.39 is 12.8 Å². The fourth-order valence-corrected chi connectivity index (χ4v) is 1.94. The Bertz CT molecular complexity index is 376. The standard InChI is InChI=1S/C15H22F3NO/c1-3-19-9-14(10-20-11-15(16,17)18)8-13-6-4-12(2)5-7-13/h4-7,14,19H,3,8-11H2,1-2H3. The van der Waals surface area contributed by atoms with Crippen LogP contribution in [0.2, 0.25) is 0 Å². The Kier molecular flexibility index (Phi) is 7.02. The van der Waals surface area contributed by atoms with Crippen molar-refractivity contribution in [2.75, 3.05) is 26.3 Å². The van der Waals surface area contributed by atoms with E-state index in [1.165, 1.54) is 5.56 Å². The molecule has 1 aromatic rings. The Morgan fingerprint density at radius 1 is 1.20 bits per heavy atom. The summed E-state index contributed by atoms with van der Waals surface area (Å²) >= 11 is 0. The molecule has 0 spiro atoms. The maximum Gasteiger partial charge on any atom is 0.411 e. The number of alkyl halides is 3. The van der Waals surface area contributed by atoms with Crippen molar-refractivity contribution < 1.29 is 17.9 Å². The summed E-state index contributed by atoms with van der Waals surface area (Å²) in [5, 5.41) is 3.17. The van der Waals surface area contributed by atoms with Gasteiger partial charge in [-0.25, -0.2) is 0 Å². The van der Waals surface area contributed by atoms with Crippen molar-refractivity contribution in [3.63, 3.8) is 0 Å². The van der Waals surface area contributed by atoms with Gasteiger partial charge in [0.1, 0.15) is 6.61 Å². The van der Waals surface area contributed by atoms with Crippen LogP contribution in [0.5, 0.6) is 0 Å². The normalized spacial score (nSPS) is 13.4. The molecule has 0 heterocycles. The molecule has 20 heavy (non-hydrogen) atoms. The maximum atomic E-state index is 12.1. The number of nitrogens with one attached hydrogen (secondary N) is 1. The minimum atomic E-state index is -4.26. The third-order valence-corrected chi connectivity index (χ3v) is 2.95. The lowest BCUT2D eigenvalue weighted by molar-refractivity contribution is -0.176. The molecule has 0 aliphatic carbocycles. The van der Waals surface area contributed by atoms with Crippen LogP contribution in [-0.4, -0.2) is 32.5 Å². The largest absolute Gasteiger partial charge is 0.411 e. The Morgan fingerprint density at radius 2 is 1.85 bits per heavy atom. The van der Waals surface area contributed by atoms with Crippen molar-refractivity contribution in [2.24, 2.45) is 5.92 Å².